The van der Waals surface area contributed by atoms with Crippen LogP contribution in [0.1, 0.15) is 39.9 Å². The summed E-state index contributed by atoms with van der Waals surface area (Å²) >= 11 is 0. The van der Waals surface area contributed by atoms with E-state index < -0.39 is 0 Å². The highest BCUT2D eigenvalue weighted by molar-refractivity contribution is 4.97. The van der Waals surface area contributed by atoms with Gasteiger partial charge < -0.3 is 9.30 Å². The lowest BCUT2D eigenvalue weighted by Gasteiger charge is -2.29. The van der Waals surface area contributed by atoms with Crippen molar-refractivity contribution in [2.24, 2.45) is 11.8 Å². The van der Waals surface area contributed by atoms with Crippen LogP contribution >= 0.6 is 0 Å². The first-order valence-corrected chi connectivity index (χ1v) is 7.21. The molecule has 1 rings (SSSR count). The number of hydrazine groups is 1. The average Bonchev–Trinajstić information content (AvgIpc) is 2.81. The molecule has 2 atom stereocenters. The first-order valence-electron chi connectivity index (χ1n) is 7.21. The zero-order valence-corrected chi connectivity index (χ0v) is 12.6. The van der Waals surface area contributed by atoms with Crippen LogP contribution in [-0.4, -0.2) is 28.3 Å². The molecule has 110 valence electrons. The molecule has 0 bridgehead atoms. The highest BCUT2D eigenvalue weighted by Crippen LogP contribution is 2.15. The summed E-state index contributed by atoms with van der Waals surface area (Å²) in [7, 11) is 0. The molecule has 0 fully saturated rings. The monoisotopic (exact) mass is 268 g/mol. The summed E-state index contributed by atoms with van der Waals surface area (Å²) in [5.74, 6) is 7.19. The Hall–Kier alpha value is -0.910. The number of nitrogens with zero attached hydrogens (tertiary/aromatic N) is 2. The summed E-state index contributed by atoms with van der Waals surface area (Å²) in [4.78, 5) is 4.44. The summed E-state index contributed by atoms with van der Waals surface area (Å²) in [6.07, 6.45) is 5.86. The van der Waals surface area contributed by atoms with Crippen molar-refractivity contribution in [1.82, 2.24) is 15.0 Å². The molecule has 5 heteroatoms. The molecule has 2 unspecified atom stereocenters. The molecule has 0 aliphatic heterocycles. The molecule has 0 saturated carbocycles. The molecule has 1 aromatic heterocycles. The third kappa shape index (κ3) is 4.60. The number of hydrogen-bond donors (Lipinski definition) is 2. The predicted molar refractivity (Wildman–Crippen MR) is 77.6 cm³/mol. The van der Waals surface area contributed by atoms with E-state index in [2.05, 4.69) is 35.7 Å². The molecule has 19 heavy (non-hydrogen) atoms. The van der Waals surface area contributed by atoms with Crippen molar-refractivity contribution in [3.63, 3.8) is 0 Å². The summed E-state index contributed by atoms with van der Waals surface area (Å²) in [6, 6.07) is 0.0814. The van der Waals surface area contributed by atoms with Crippen molar-refractivity contribution < 1.29 is 4.74 Å². The van der Waals surface area contributed by atoms with Crippen molar-refractivity contribution in [3.05, 3.63) is 18.2 Å². The van der Waals surface area contributed by atoms with E-state index >= 15 is 0 Å². The molecule has 0 spiro atoms. The fraction of sp³-hybridized carbons (Fsp3) is 0.786. The number of ether oxygens (including phenoxy) is 1. The van der Waals surface area contributed by atoms with Gasteiger partial charge in [-0.2, -0.15) is 0 Å². The van der Waals surface area contributed by atoms with Crippen LogP contribution in [0.5, 0.6) is 0 Å². The Morgan fingerprint density at radius 3 is 2.68 bits per heavy atom. The maximum absolute atomic E-state index is 5.83. The van der Waals surface area contributed by atoms with Crippen LogP contribution in [0.2, 0.25) is 0 Å². The Kier molecular flexibility index (Phi) is 7.05. The maximum atomic E-state index is 5.83. The van der Waals surface area contributed by atoms with Crippen molar-refractivity contribution in [2.45, 2.75) is 59.2 Å². The molecule has 0 saturated heterocycles. The number of hydrogen-bond acceptors (Lipinski definition) is 4. The van der Waals surface area contributed by atoms with Gasteiger partial charge in [0.2, 0.25) is 0 Å². The van der Waals surface area contributed by atoms with Gasteiger partial charge in [-0.05, 0) is 19.3 Å². The molecule has 1 aromatic rings. The van der Waals surface area contributed by atoms with Crippen LogP contribution in [0.25, 0.3) is 0 Å². The minimum Gasteiger partial charge on any atom is -0.377 e. The van der Waals surface area contributed by atoms with Gasteiger partial charge >= 0.3 is 0 Å². The molecular formula is C14H28N4O. The molecule has 0 radical (unpaired) electrons. The van der Waals surface area contributed by atoms with Gasteiger partial charge in [-0.15, -0.1) is 0 Å². The van der Waals surface area contributed by atoms with E-state index in [0.717, 1.165) is 25.2 Å². The molecule has 0 aliphatic carbocycles. The predicted octanol–water partition coefficient (Wildman–Crippen LogP) is 1.73. The zero-order valence-electron chi connectivity index (χ0n) is 12.6. The summed E-state index contributed by atoms with van der Waals surface area (Å²) < 4.78 is 8.01. The highest BCUT2D eigenvalue weighted by atomic mass is 16.5. The minimum absolute atomic E-state index is 0.0814. The molecule has 3 N–H and O–H groups in total. The van der Waals surface area contributed by atoms with Gasteiger partial charge in [0.25, 0.3) is 0 Å². The van der Waals surface area contributed by atoms with Crippen molar-refractivity contribution >= 4 is 0 Å². The molecule has 0 aliphatic rings. The van der Waals surface area contributed by atoms with E-state index in [-0.39, 0.29) is 12.1 Å². The lowest BCUT2D eigenvalue weighted by Crippen LogP contribution is -2.49. The van der Waals surface area contributed by atoms with Gasteiger partial charge in [0.1, 0.15) is 5.82 Å². The fourth-order valence-corrected chi connectivity index (χ4v) is 2.41. The molecule has 0 aromatic carbocycles. The number of aromatic nitrogens is 2. The maximum Gasteiger partial charge on any atom is 0.110 e. The van der Waals surface area contributed by atoms with Gasteiger partial charge in [0.15, 0.2) is 0 Å². The number of nitrogens with two attached hydrogens (primary N) is 1. The second-order valence-electron chi connectivity index (χ2n) is 5.18. The van der Waals surface area contributed by atoms with E-state index in [4.69, 9.17) is 10.6 Å². The van der Waals surface area contributed by atoms with Gasteiger partial charge in [-0.25, -0.2) is 4.98 Å². The van der Waals surface area contributed by atoms with Crippen LogP contribution in [-0.2, 0) is 17.7 Å². The third-order valence-electron chi connectivity index (χ3n) is 3.30. The van der Waals surface area contributed by atoms with E-state index in [1.807, 2.05) is 19.3 Å². The average molecular weight is 268 g/mol. The van der Waals surface area contributed by atoms with E-state index in [1.165, 1.54) is 0 Å². The topological polar surface area (TPSA) is 65.1 Å². The number of nitrogens with one attached hydrogen (secondary N) is 1. The SMILES string of the molecule is CCCn1ccnc1CC(NN)C(OCC)C(C)C. The van der Waals surface area contributed by atoms with Crippen LogP contribution in [0.3, 0.4) is 0 Å². The Morgan fingerprint density at radius 1 is 1.42 bits per heavy atom. The van der Waals surface area contributed by atoms with Crippen molar-refractivity contribution in [1.29, 1.82) is 0 Å². The van der Waals surface area contributed by atoms with Gasteiger partial charge in [-0.1, -0.05) is 20.8 Å². The lowest BCUT2D eigenvalue weighted by molar-refractivity contribution is 0.00293. The Bertz CT molecular complexity index is 351. The van der Waals surface area contributed by atoms with Gasteiger partial charge in [0, 0.05) is 32.0 Å². The quantitative estimate of drug-likeness (QED) is 0.529. The van der Waals surface area contributed by atoms with Gasteiger partial charge in [0.05, 0.1) is 12.1 Å². The highest BCUT2D eigenvalue weighted by Gasteiger charge is 2.25. The summed E-state index contributed by atoms with van der Waals surface area (Å²) in [6.45, 7) is 10.2. The Balaban J connectivity index is 2.76. The van der Waals surface area contributed by atoms with E-state index in [1.54, 1.807) is 0 Å². The van der Waals surface area contributed by atoms with Crippen LogP contribution in [0.15, 0.2) is 12.4 Å². The molecule has 5 nitrogen and oxygen atoms in total. The lowest BCUT2D eigenvalue weighted by atomic mass is 9.97. The largest absolute Gasteiger partial charge is 0.377 e. The first-order chi connectivity index (χ1) is 9.13. The Labute approximate surface area is 116 Å². The molecular weight excluding hydrogens is 240 g/mol. The van der Waals surface area contributed by atoms with Crippen LogP contribution < -0.4 is 11.3 Å². The Morgan fingerprint density at radius 2 is 2.16 bits per heavy atom. The van der Waals surface area contributed by atoms with Gasteiger partial charge in [-0.3, -0.25) is 11.3 Å². The van der Waals surface area contributed by atoms with E-state index in [0.29, 0.717) is 12.5 Å². The summed E-state index contributed by atoms with van der Waals surface area (Å²) in [5.41, 5.74) is 2.90. The van der Waals surface area contributed by atoms with E-state index in [9.17, 15) is 0 Å². The van der Waals surface area contributed by atoms with Crippen LogP contribution in [0.4, 0.5) is 0 Å². The van der Waals surface area contributed by atoms with Crippen molar-refractivity contribution in [3.8, 4) is 0 Å². The number of rotatable bonds is 9. The first kappa shape index (κ1) is 16.1. The number of aryl methyl sites for hydroxylation is 1. The summed E-state index contributed by atoms with van der Waals surface area (Å²) in [5, 5.41) is 0. The third-order valence-corrected chi connectivity index (χ3v) is 3.30. The smallest absolute Gasteiger partial charge is 0.110 e. The minimum atomic E-state index is 0.0814. The second kappa shape index (κ2) is 8.30. The molecule has 1 heterocycles. The fourth-order valence-electron chi connectivity index (χ4n) is 2.41. The number of imidazole rings is 1. The van der Waals surface area contributed by atoms with Crippen molar-refractivity contribution in [2.75, 3.05) is 6.61 Å². The standard InChI is InChI=1S/C14H28N4O/c1-5-8-18-9-7-16-13(18)10-12(17-15)14(11(3)4)19-6-2/h7,9,11-12,14,17H,5-6,8,10,15H2,1-4H3. The normalized spacial score (nSPS) is 14.8. The zero-order chi connectivity index (χ0) is 14.3. The van der Waals surface area contributed by atoms with Crippen LogP contribution in [0, 0.1) is 5.92 Å². The molecule has 0 amide bonds. The second-order valence-corrected chi connectivity index (χ2v) is 5.18.